The van der Waals surface area contributed by atoms with Crippen LogP contribution in [0.3, 0.4) is 0 Å². The van der Waals surface area contributed by atoms with E-state index in [1.807, 2.05) is 55.1 Å². The van der Waals surface area contributed by atoms with Crippen LogP contribution in [0.4, 0.5) is 5.95 Å². The number of nitrogens with zero attached hydrogens (tertiary/aromatic N) is 6. The van der Waals surface area contributed by atoms with Gasteiger partial charge in [0.05, 0.1) is 14.2 Å². The predicted molar refractivity (Wildman–Crippen MR) is 142 cm³/mol. The van der Waals surface area contributed by atoms with Gasteiger partial charge in [0.2, 0.25) is 5.95 Å². The molecule has 0 spiro atoms. The number of hydrogen-bond acceptors (Lipinski definition) is 10. The molecule has 1 aromatic carbocycles. The molecule has 2 N–H and O–H groups in total. The highest BCUT2D eigenvalue weighted by Crippen LogP contribution is 2.38. The number of rotatable bonds is 9. The van der Waals surface area contributed by atoms with Crippen molar-refractivity contribution in [2.24, 2.45) is 0 Å². The van der Waals surface area contributed by atoms with Crippen molar-refractivity contribution in [3.63, 3.8) is 0 Å². The average molecular weight is 510 g/mol. The minimum absolute atomic E-state index is 0.177. The minimum Gasteiger partial charge on any atom is -0.494 e. The molecule has 0 fully saturated rings. The molecule has 190 valence electrons. The first-order valence-electron chi connectivity index (χ1n) is 11.2. The van der Waals surface area contributed by atoms with Crippen molar-refractivity contribution in [1.82, 2.24) is 29.7 Å². The van der Waals surface area contributed by atoms with Gasteiger partial charge in [-0.25, -0.2) is 9.97 Å². The zero-order valence-electron chi connectivity index (χ0n) is 21.3. The van der Waals surface area contributed by atoms with Crippen molar-refractivity contribution in [3.05, 3.63) is 66.0 Å². The van der Waals surface area contributed by atoms with Crippen LogP contribution >= 0.6 is 11.9 Å². The lowest BCUT2D eigenvalue weighted by molar-refractivity contribution is 0.391. The van der Waals surface area contributed by atoms with Crippen molar-refractivity contribution < 1.29 is 14.6 Å². The van der Waals surface area contributed by atoms with E-state index in [1.54, 1.807) is 26.6 Å². The molecular weight excluding hydrogens is 478 g/mol. The first-order valence-corrected chi connectivity index (χ1v) is 12.1. The van der Waals surface area contributed by atoms with Gasteiger partial charge in [-0.2, -0.15) is 0 Å². The molecule has 0 saturated carbocycles. The van der Waals surface area contributed by atoms with E-state index in [4.69, 9.17) is 14.6 Å². The van der Waals surface area contributed by atoms with E-state index in [0.717, 1.165) is 29.6 Å². The van der Waals surface area contributed by atoms with E-state index < -0.39 is 0 Å². The van der Waals surface area contributed by atoms with E-state index in [0.29, 0.717) is 35.4 Å². The van der Waals surface area contributed by atoms with E-state index in [-0.39, 0.29) is 5.25 Å². The third-order valence-electron chi connectivity index (χ3n) is 5.08. The highest BCUT2D eigenvalue weighted by atomic mass is 32.2. The molecule has 10 nitrogen and oxygen atoms in total. The van der Waals surface area contributed by atoms with E-state index in [9.17, 15) is 0 Å². The van der Waals surface area contributed by atoms with Gasteiger partial charge in [-0.05, 0) is 55.1 Å². The van der Waals surface area contributed by atoms with Crippen LogP contribution in [0.1, 0.15) is 23.9 Å². The minimum atomic E-state index is 0.177. The molecule has 0 aliphatic heterocycles. The maximum Gasteiger partial charge on any atom is 0.239 e. The molecule has 3 heterocycles. The van der Waals surface area contributed by atoms with Crippen LogP contribution in [0.15, 0.2) is 49.1 Å². The van der Waals surface area contributed by atoms with Crippen LogP contribution in [-0.2, 0) is 6.42 Å². The summed E-state index contributed by atoms with van der Waals surface area (Å²) in [6.07, 6.45) is 7.94. The number of para-hydroxylation sites is 1. The maximum atomic E-state index is 7.00. The number of hydrogen-bond donors (Lipinski definition) is 2. The van der Waals surface area contributed by atoms with Crippen molar-refractivity contribution in [3.8, 4) is 28.6 Å². The molecule has 0 aliphatic rings. The van der Waals surface area contributed by atoms with Crippen molar-refractivity contribution >= 4 is 17.9 Å². The van der Waals surface area contributed by atoms with Gasteiger partial charge < -0.3 is 14.6 Å². The Hall–Kier alpha value is -3.70. The Labute approximate surface area is 215 Å². The van der Waals surface area contributed by atoms with Gasteiger partial charge >= 0.3 is 0 Å². The molecule has 4 aromatic rings. The van der Waals surface area contributed by atoms with Crippen molar-refractivity contribution in [2.75, 3.05) is 26.1 Å². The van der Waals surface area contributed by atoms with Crippen molar-refractivity contribution in [2.45, 2.75) is 32.4 Å². The predicted octanol–water partition coefficient (Wildman–Crippen LogP) is 4.05. The molecular formula is C25H31N7O3S. The number of ether oxygens (including phenoxy) is 2. The molecule has 0 amide bonds. The van der Waals surface area contributed by atoms with Crippen LogP contribution in [-0.4, -0.2) is 61.4 Å². The fourth-order valence-electron chi connectivity index (χ4n) is 3.46. The first kappa shape index (κ1) is 26.9. The largest absolute Gasteiger partial charge is 0.494 e. The smallest absolute Gasteiger partial charge is 0.239 e. The molecule has 3 aromatic heterocycles. The third kappa shape index (κ3) is 6.29. The molecule has 0 bridgehead atoms. The van der Waals surface area contributed by atoms with Crippen molar-refractivity contribution in [1.29, 1.82) is 0 Å². The highest BCUT2D eigenvalue weighted by Gasteiger charge is 2.23. The van der Waals surface area contributed by atoms with Gasteiger partial charge in [0.15, 0.2) is 5.82 Å². The second kappa shape index (κ2) is 12.8. The van der Waals surface area contributed by atoms with Gasteiger partial charge in [0.1, 0.15) is 23.0 Å². The van der Waals surface area contributed by atoms with Gasteiger partial charge in [-0.3, -0.25) is 14.3 Å². The summed E-state index contributed by atoms with van der Waals surface area (Å²) in [5.41, 5.74) is 3.60. The number of anilines is 1. The molecule has 1 unspecified atom stereocenters. The zero-order chi connectivity index (χ0) is 26.1. The quantitative estimate of drug-likeness (QED) is 0.320. The number of aryl methyl sites for hydroxylation is 2. The van der Waals surface area contributed by atoms with Crippen LogP contribution < -0.4 is 14.2 Å². The van der Waals surface area contributed by atoms with E-state index >= 15 is 0 Å². The Morgan fingerprint density at radius 3 is 2.25 bits per heavy atom. The van der Waals surface area contributed by atoms with Gasteiger partial charge in [0.25, 0.3) is 0 Å². The normalized spacial score (nSPS) is 11.3. The Balaban J connectivity index is 0.00000176. The number of pyridine rings is 1. The van der Waals surface area contributed by atoms with Crippen LogP contribution in [0.2, 0.25) is 0 Å². The monoisotopic (exact) mass is 509 g/mol. The fraction of sp³-hybridized carbons (Fsp3) is 0.320. The van der Waals surface area contributed by atoms with E-state index in [1.165, 1.54) is 11.9 Å². The molecule has 36 heavy (non-hydrogen) atoms. The summed E-state index contributed by atoms with van der Waals surface area (Å²) in [5.74, 6) is 3.23. The lowest BCUT2D eigenvalue weighted by atomic mass is 10.2. The van der Waals surface area contributed by atoms with Gasteiger partial charge in [0, 0.05) is 49.1 Å². The highest BCUT2D eigenvalue weighted by molar-refractivity contribution is 8.01. The standard InChI is InChI=1S/C24H27N7O2S.CH4O/c1-15-9-18(14-25-11-15)23-28-29-24(30-34-17(3)10-21-26-12-16(2)13-27-21)31(23)22-19(32-4)7-6-8-20(22)33-5;1-2/h6-9,11-14,17H,10H2,1-5H3,(H,29,30);2H,1H3. The summed E-state index contributed by atoms with van der Waals surface area (Å²) in [7, 11) is 4.25. The summed E-state index contributed by atoms with van der Waals surface area (Å²) < 4.78 is 16.6. The molecule has 0 radical (unpaired) electrons. The topological polar surface area (TPSA) is 120 Å². The Morgan fingerprint density at radius 2 is 1.64 bits per heavy atom. The zero-order valence-corrected chi connectivity index (χ0v) is 22.1. The maximum absolute atomic E-state index is 7.00. The fourth-order valence-corrected chi connectivity index (χ4v) is 4.13. The summed E-state index contributed by atoms with van der Waals surface area (Å²) in [4.78, 5) is 13.2. The van der Waals surface area contributed by atoms with Gasteiger partial charge in [-0.15, -0.1) is 10.2 Å². The number of methoxy groups -OCH3 is 2. The SMILES string of the molecule is CO.COc1cccc(OC)c1-n1c(NSC(C)Cc2ncc(C)cn2)nnc1-c1cncc(C)c1. The molecule has 11 heteroatoms. The Kier molecular flexibility index (Phi) is 9.60. The van der Waals surface area contributed by atoms with Crippen LogP contribution in [0.25, 0.3) is 17.1 Å². The Bertz CT molecular complexity index is 1240. The summed E-state index contributed by atoms with van der Waals surface area (Å²) >= 11 is 1.53. The summed E-state index contributed by atoms with van der Waals surface area (Å²) in [6, 6.07) is 7.66. The first-order chi connectivity index (χ1) is 17.5. The number of aliphatic hydroxyl groups excluding tert-OH is 1. The molecule has 0 saturated heterocycles. The number of aliphatic hydroxyl groups is 1. The average Bonchev–Trinajstić information content (AvgIpc) is 3.33. The van der Waals surface area contributed by atoms with Crippen LogP contribution in [0.5, 0.6) is 11.5 Å². The molecule has 0 aliphatic carbocycles. The van der Waals surface area contributed by atoms with E-state index in [2.05, 4.69) is 36.8 Å². The molecule has 1 atom stereocenters. The lowest BCUT2D eigenvalue weighted by Gasteiger charge is -2.18. The molecule has 4 rings (SSSR count). The Morgan fingerprint density at radius 1 is 0.972 bits per heavy atom. The second-order valence-electron chi connectivity index (χ2n) is 7.86. The van der Waals surface area contributed by atoms with Crippen LogP contribution in [0, 0.1) is 13.8 Å². The summed E-state index contributed by atoms with van der Waals surface area (Å²) in [6.45, 7) is 6.07. The van der Waals surface area contributed by atoms with Gasteiger partial charge in [-0.1, -0.05) is 13.0 Å². The third-order valence-corrected chi connectivity index (χ3v) is 5.95. The number of nitrogens with one attached hydrogen (secondary N) is 1. The number of aromatic nitrogens is 6. The summed E-state index contributed by atoms with van der Waals surface area (Å²) in [5, 5.41) is 16.1. The lowest BCUT2D eigenvalue weighted by Crippen LogP contribution is -2.11. The second-order valence-corrected chi connectivity index (χ2v) is 9.10. The number of benzene rings is 1.